The molecular formula is C11H19N3O2. The average molecular weight is 225 g/mol. The molecule has 0 bridgehead atoms. The summed E-state index contributed by atoms with van der Waals surface area (Å²) in [5, 5.41) is 5.53. The van der Waals surface area contributed by atoms with Crippen molar-refractivity contribution in [2.45, 2.75) is 37.3 Å². The van der Waals surface area contributed by atoms with Gasteiger partial charge in [0.05, 0.1) is 12.5 Å². The summed E-state index contributed by atoms with van der Waals surface area (Å²) in [7, 11) is 4.14. The highest BCUT2D eigenvalue weighted by atomic mass is 16.2. The summed E-state index contributed by atoms with van der Waals surface area (Å²) in [4.78, 5) is 24.6. The van der Waals surface area contributed by atoms with E-state index in [2.05, 4.69) is 29.6 Å². The second-order valence-electron chi connectivity index (χ2n) is 5.02. The predicted octanol–water partition coefficient (Wildman–Crippen LogP) is -0.525. The van der Waals surface area contributed by atoms with Gasteiger partial charge < -0.3 is 10.2 Å². The fourth-order valence-corrected chi connectivity index (χ4v) is 2.40. The van der Waals surface area contributed by atoms with Crippen LogP contribution >= 0.6 is 0 Å². The van der Waals surface area contributed by atoms with Crippen LogP contribution in [0.1, 0.15) is 25.7 Å². The van der Waals surface area contributed by atoms with Gasteiger partial charge in [0.15, 0.2) is 0 Å². The molecule has 0 radical (unpaired) electrons. The SMILES string of the molecule is CN(C)C1(CNC2CC(=O)NC2=O)CCC1. The molecule has 2 rings (SSSR count). The van der Waals surface area contributed by atoms with E-state index < -0.39 is 0 Å². The van der Waals surface area contributed by atoms with E-state index in [0.717, 1.165) is 19.4 Å². The monoisotopic (exact) mass is 225 g/mol. The lowest BCUT2D eigenvalue weighted by Crippen LogP contribution is -2.58. The first kappa shape index (κ1) is 11.5. The Hall–Kier alpha value is -0.940. The number of carbonyl (C=O) groups excluding carboxylic acids is 2. The molecule has 1 saturated heterocycles. The summed E-state index contributed by atoms with van der Waals surface area (Å²) in [6.45, 7) is 0.783. The standard InChI is InChI=1S/C11H19N3O2/c1-14(2)11(4-3-5-11)7-12-8-6-9(15)13-10(8)16/h8,12H,3-7H2,1-2H3,(H,13,15,16). The topological polar surface area (TPSA) is 61.4 Å². The molecule has 0 aromatic carbocycles. The minimum Gasteiger partial charge on any atom is -0.304 e. The van der Waals surface area contributed by atoms with E-state index in [9.17, 15) is 9.59 Å². The molecule has 2 amide bonds. The van der Waals surface area contributed by atoms with Gasteiger partial charge >= 0.3 is 0 Å². The smallest absolute Gasteiger partial charge is 0.244 e. The molecule has 0 aromatic rings. The minimum atomic E-state index is -0.329. The van der Waals surface area contributed by atoms with E-state index in [0.29, 0.717) is 0 Å². The zero-order valence-electron chi connectivity index (χ0n) is 9.88. The van der Waals surface area contributed by atoms with Crippen molar-refractivity contribution in [3.8, 4) is 0 Å². The Morgan fingerprint density at radius 1 is 1.44 bits per heavy atom. The van der Waals surface area contributed by atoms with Crippen molar-refractivity contribution in [2.24, 2.45) is 0 Å². The maximum absolute atomic E-state index is 11.4. The van der Waals surface area contributed by atoms with Crippen LogP contribution in [0.2, 0.25) is 0 Å². The lowest BCUT2D eigenvalue weighted by atomic mass is 9.75. The molecule has 0 spiro atoms. The van der Waals surface area contributed by atoms with Gasteiger partial charge in [0, 0.05) is 12.1 Å². The molecule has 1 saturated carbocycles. The van der Waals surface area contributed by atoms with Crippen LogP contribution in [0.3, 0.4) is 0 Å². The van der Waals surface area contributed by atoms with Gasteiger partial charge in [-0.15, -0.1) is 0 Å². The Morgan fingerprint density at radius 3 is 2.50 bits per heavy atom. The third kappa shape index (κ3) is 1.97. The zero-order valence-corrected chi connectivity index (χ0v) is 9.88. The fraction of sp³-hybridized carbons (Fsp3) is 0.818. The van der Waals surface area contributed by atoms with Crippen LogP contribution in [0.5, 0.6) is 0 Å². The number of imide groups is 1. The number of nitrogens with zero attached hydrogens (tertiary/aromatic N) is 1. The van der Waals surface area contributed by atoms with E-state index in [1.807, 2.05) is 0 Å². The second-order valence-corrected chi connectivity index (χ2v) is 5.02. The summed E-state index contributed by atoms with van der Waals surface area (Å²) >= 11 is 0. The highest BCUT2D eigenvalue weighted by molar-refractivity contribution is 6.05. The second kappa shape index (κ2) is 4.14. The molecule has 2 fully saturated rings. The quantitative estimate of drug-likeness (QED) is 0.632. The van der Waals surface area contributed by atoms with Crippen LogP contribution in [0.15, 0.2) is 0 Å². The first-order chi connectivity index (χ1) is 7.53. The molecule has 16 heavy (non-hydrogen) atoms. The molecule has 90 valence electrons. The van der Waals surface area contributed by atoms with Crippen molar-refractivity contribution in [1.82, 2.24) is 15.5 Å². The van der Waals surface area contributed by atoms with Crippen LogP contribution in [0, 0.1) is 0 Å². The first-order valence-electron chi connectivity index (χ1n) is 5.78. The maximum Gasteiger partial charge on any atom is 0.244 e. The normalized spacial score (nSPS) is 28.1. The molecule has 5 heteroatoms. The molecule has 1 aliphatic heterocycles. The summed E-state index contributed by atoms with van der Waals surface area (Å²) in [5.41, 5.74) is 0.186. The van der Waals surface area contributed by atoms with E-state index in [1.54, 1.807) is 0 Å². The van der Waals surface area contributed by atoms with Crippen LogP contribution < -0.4 is 10.6 Å². The summed E-state index contributed by atoms with van der Waals surface area (Å²) in [5.74, 6) is -0.353. The molecule has 5 nitrogen and oxygen atoms in total. The molecule has 0 aromatic heterocycles. The van der Waals surface area contributed by atoms with Gasteiger partial charge in [0.2, 0.25) is 11.8 Å². The zero-order chi connectivity index (χ0) is 11.8. The van der Waals surface area contributed by atoms with Crippen molar-refractivity contribution < 1.29 is 9.59 Å². The summed E-state index contributed by atoms with van der Waals surface area (Å²) in [6, 6.07) is -0.329. The molecule has 1 unspecified atom stereocenters. The van der Waals surface area contributed by atoms with Crippen LogP contribution in [-0.4, -0.2) is 48.9 Å². The Balaban J connectivity index is 1.87. The number of rotatable bonds is 4. The Kier molecular flexibility index (Phi) is 2.99. The van der Waals surface area contributed by atoms with E-state index in [1.165, 1.54) is 6.42 Å². The Morgan fingerprint density at radius 2 is 2.12 bits per heavy atom. The van der Waals surface area contributed by atoms with Gasteiger partial charge in [-0.2, -0.15) is 0 Å². The third-order valence-electron chi connectivity index (χ3n) is 3.88. The number of hydrogen-bond acceptors (Lipinski definition) is 4. The van der Waals surface area contributed by atoms with Gasteiger partial charge in [-0.05, 0) is 33.4 Å². The van der Waals surface area contributed by atoms with Crippen molar-refractivity contribution in [2.75, 3.05) is 20.6 Å². The summed E-state index contributed by atoms with van der Waals surface area (Å²) < 4.78 is 0. The molecule has 2 aliphatic rings. The minimum absolute atomic E-state index is 0.171. The summed E-state index contributed by atoms with van der Waals surface area (Å²) in [6.07, 6.45) is 3.85. The molecule has 2 N–H and O–H groups in total. The number of nitrogens with one attached hydrogen (secondary N) is 2. The highest BCUT2D eigenvalue weighted by Crippen LogP contribution is 2.35. The van der Waals surface area contributed by atoms with Gasteiger partial charge in [-0.3, -0.25) is 14.9 Å². The van der Waals surface area contributed by atoms with Gasteiger partial charge in [0.1, 0.15) is 0 Å². The first-order valence-corrected chi connectivity index (χ1v) is 5.78. The lowest BCUT2D eigenvalue weighted by molar-refractivity contribution is -0.125. The number of carbonyl (C=O) groups is 2. The Bertz CT molecular complexity index is 310. The number of hydrogen-bond donors (Lipinski definition) is 2. The molecular weight excluding hydrogens is 206 g/mol. The fourth-order valence-electron chi connectivity index (χ4n) is 2.40. The highest BCUT2D eigenvalue weighted by Gasteiger charge is 2.40. The van der Waals surface area contributed by atoms with Gasteiger partial charge in [-0.25, -0.2) is 0 Å². The van der Waals surface area contributed by atoms with Crippen molar-refractivity contribution in [3.05, 3.63) is 0 Å². The van der Waals surface area contributed by atoms with E-state index >= 15 is 0 Å². The van der Waals surface area contributed by atoms with Crippen LogP contribution in [0.4, 0.5) is 0 Å². The predicted molar refractivity (Wildman–Crippen MR) is 59.8 cm³/mol. The third-order valence-corrected chi connectivity index (χ3v) is 3.88. The lowest BCUT2D eigenvalue weighted by Gasteiger charge is -2.47. The molecule has 1 atom stereocenters. The van der Waals surface area contributed by atoms with Gasteiger partial charge in [-0.1, -0.05) is 0 Å². The number of amides is 2. The van der Waals surface area contributed by atoms with Crippen LogP contribution in [-0.2, 0) is 9.59 Å². The molecule has 1 heterocycles. The van der Waals surface area contributed by atoms with Crippen molar-refractivity contribution >= 4 is 11.8 Å². The number of likely N-dealkylation sites (N-methyl/N-ethyl adjacent to an activating group) is 1. The molecule has 1 aliphatic carbocycles. The average Bonchev–Trinajstić information content (AvgIpc) is 2.42. The Labute approximate surface area is 95.6 Å². The van der Waals surface area contributed by atoms with Crippen molar-refractivity contribution in [1.29, 1.82) is 0 Å². The van der Waals surface area contributed by atoms with Crippen molar-refractivity contribution in [3.63, 3.8) is 0 Å². The largest absolute Gasteiger partial charge is 0.304 e. The van der Waals surface area contributed by atoms with E-state index in [4.69, 9.17) is 0 Å². The maximum atomic E-state index is 11.4. The van der Waals surface area contributed by atoms with E-state index in [-0.39, 0.29) is 29.8 Å². The van der Waals surface area contributed by atoms with Crippen LogP contribution in [0.25, 0.3) is 0 Å². The van der Waals surface area contributed by atoms with Gasteiger partial charge in [0.25, 0.3) is 0 Å².